The van der Waals surface area contributed by atoms with Crippen LogP contribution >= 0.6 is 7.82 Å². The summed E-state index contributed by atoms with van der Waals surface area (Å²) in [5.41, 5.74) is 0. The van der Waals surface area contributed by atoms with Gasteiger partial charge in [-0.15, -0.1) is 0 Å². The van der Waals surface area contributed by atoms with Gasteiger partial charge in [-0.1, -0.05) is 106 Å². The summed E-state index contributed by atoms with van der Waals surface area (Å²) in [6, 6.07) is -0.902. The Kier molecular flexibility index (Phi) is 26.9. The number of hydrogen-bond donors (Lipinski definition) is 2. The highest BCUT2D eigenvalue weighted by Gasteiger charge is 2.23. The van der Waals surface area contributed by atoms with E-state index in [1.54, 1.807) is 6.08 Å². The lowest BCUT2D eigenvalue weighted by atomic mass is 10.1. The quantitative estimate of drug-likeness (QED) is 0.0393. The van der Waals surface area contributed by atoms with Crippen LogP contribution in [0.5, 0.6) is 0 Å². The molecule has 3 atom stereocenters. The minimum absolute atomic E-state index is 0.0135. The molecule has 0 saturated heterocycles. The Hall–Kier alpha value is -2.06. The lowest BCUT2D eigenvalue weighted by Crippen LogP contribution is -2.45. The second kappa shape index (κ2) is 28.2. The van der Waals surface area contributed by atoms with Crippen LogP contribution in [0.3, 0.4) is 0 Å². The molecule has 1 amide bonds. The van der Waals surface area contributed by atoms with Crippen LogP contribution in [0.15, 0.2) is 72.9 Å². The number of phosphoric acid groups is 1. The third-order valence-corrected chi connectivity index (χ3v) is 7.64. The van der Waals surface area contributed by atoms with E-state index >= 15 is 0 Å². The van der Waals surface area contributed by atoms with Gasteiger partial charge >= 0.3 is 0 Å². The number of amides is 1. The van der Waals surface area contributed by atoms with Gasteiger partial charge in [-0.25, -0.2) is 0 Å². The number of nitrogens with one attached hydrogen (secondary N) is 1. The van der Waals surface area contributed by atoms with Crippen molar-refractivity contribution in [2.45, 2.75) is 109 Å². The number of allylic oxidation sites excluding steroid dienone is 11. The molecule has 45 heavy (non-hydrogen) atoms. The number of nitrogens with zero attached hydrogens (tertiary/aromatic N) is 1. The second-order valence-electron chi connectivity index (χ2n) is 12.1. The summed E-state index contributed by atoms with van der Waals surface area (Å²) in [6.45, 7) is 4.29. The van der Waals surface area contributed by atoms with Crippen LogP contribution in [-0.2, 0) is 18.4 Å². The van der Waals surface area contributed by atoms with E-state index in [2.05, 4.69) is 79.9 Å². The number of unbranched alkanes of at least 4 members (excludes halogenated alkanes) is 5. The molecule has 0 aromatic heterocycles. The van der Waals surface area contributed by atoms with Crippen molar-refractivity contribution < 1.29 is 32.9 Å². The van der Waals surface area contributed by atoms with Gasteiger partial charge in [0.05, 0.1) is 39.9 Å². The van der Waals surface area contributed by atoms with E-state index in [4.69, 9.17) is 9.05 Å². The first-order chi connectivity index (χ1) is 21.5. The van der Waals surface area contributed by atoms with Crippen molar-refractivity contribution >= 4 is 13.7 Å². The number of carbonyl (C=O) groups is 1. The Morgan fingerprint density at radius 1 is 0.800 bits per heavy atom. The van der Waals surface area contributed by atoms with E-state index in [0.29, 0.717) is 23.9 Å². The van der Waals surface area contributed by atoms with Gasteiger partial charge in [0, 0.05) is 6.42 Å². The Morgan fingerprint density at radius 3 is 1.91 bits per heavy atom. The summed E-state index contributed by atoms with van der Waals surface area (Å²) in [4.78, 5) is 24.8. The predicted molar refractivity (Wildman–Crippen MR) is 187 cm³/mol. The Labute approximate surface area is 274 Å². The molecule has 2 N–H and O–H groups in total. The van der Waals surface area contributed by atoms with Crippen LogP contribution in [0.25, 0.3) is 0 Å². The third-order valence-electron chi connectivity index (χ3n) is 6.67. The van der Waals surface area contributed by atoms with Gasteiger partial charge in [0.2, 0.25) is 5.91 Å². The largest absolute Gasteiger partial charge is 0.756 e. The molecule has 0 heterocycles. The van der Waals surface area contributed by atoms with Crippen molar-refractivity contribution in [3.63, 3.8) is 0 Å². The lowest BCUT2D eigenvalue weighted by molar-refractivity contribution is -0.870. The van der Waals surface area contributed by atoms with Gasteiger partial charge in [0.1, 0.15) is 13.2 Å². The minimum atomic E-state index is -4.57. The first-order valence-corrected chi connectivity index (χ1v) is 18.3. The van der Waals surface area contributed by atoms with Crippen LogP contribution in [0.2, 0.25) is 0 Å². The fourth-order valence-electron chi connectivity index (χ4n) is 3.92. The molecule has 0 spiro atoms. The molecule has 0 aliphatic heterocycles. The first-order valence-electron chi connectivity index (χ1n) is 16.8. The van der Waals surface area contributed by atoms with E-state index in [-0.39, 0.29) is 12.5 Å². The maximum absolute atomic E-state index is 12.6. The number of aliphatic hydroxyl groups excluding tert-OH is 1. The summed E-state index contributed by atoms with van der Waals surface area (Å²) in [5.74, 6) is -0.244. The summed E-state index contributed by atoms with van der Waals surface area (Å²) in [5, 5.41) is 13.4. The fraction of sp³-hybridized carbons (Fsp3) is 0.639. The molecular formula is C36H63N2O6P. The van der Waals surface area contributed by atoms with Gasteiger partial charge in [-0.3, -0.25) is 9.36 Å². The molecule has 0 saturated carbocycles. The molecule has 0 aromatic carbocycles. The predicted octanol–water partition coefficient (Wildman–Crippen LogP) is 7.49. The third kappa shape index (κ3) is 30.4. The Bertz CT molecular complexity index is 965. The molecule has 0 rings (SSSR count). The summed E-state index contributed by atoms with van der Waals surface area (Å²) in [6.07, 6.45) is 35.8. The standard InChI is InChI=1S/C36H63N2O6P/c1-6-8-10-12-13-14-15-16-17-18-19-20-21-22-23-24-25-26-28-30-36(40)37-34(35(39)29-27-11-9-7-2)33-44-45(41,42)43-32-31-38(3,4)5/h8,10,13-14,16-17,19-20,22-23,27,29,34-35,39H,6-7,9,11-12,15,18,21,24-26,28,30-33H2,1-5H3,(H-,37,40,41,42)/b10-8-,14-13-,17-16-,20-19-,23-22-,29-27+. The maximum Gasteiger partial charge on any atom is 0.268 e. The highest BCUT2D eigenvalue weighted by molar-refractivity contribution is 7.45. The highest BCUT2D eigenvalue weighted by Crippen LogP contribution is 2.38. The number of likely N-dealkylation sites (N-methyl/N-ethyl adjacent to an activating group) is 1. The topological polar surface area (TPSA) is 108 Å². The Morgan fingerprint density at radius 2 is 1.36 bits per heavy atom. The molecule has 0 aliphatic rings. The van der Waals surface area contributed by atoms with Crippen molar-refractivity contribution in [2.75, 3.05) is 40.9 Å². The zero-order chi connectivity index (χ0) is 33.7. The van der Waals surface area contributed by atoms with E-state index in [0.717, 1.165) is 70.6 Å². The molecule has 0 fully saturated rings. The number of rotatable bonds is 28. The minimum Gasteiger partial charge on any atom is -0.756 e. The summed E-state index contributed by atoms with van der Waals surface area (Å²) in [7, 11) is 1.21. The van der Waals surface area contributed by atoms with E-state index in [1.807, 2.05) is 27.2 Å². The van der Waals surface area contributed by atoms with E-state index < -0.39 is 26.6 Å². The average Bonchev–Trinajstić information content (AvgIpc) is 2.97. The molecule has 3 unspecified atom stereocenters. The number of carbonyl (C=O) groups excluding carboxylic acids is 1. The zero-order valence-corrected chi connectivity index (χ0v) is 29.7. The first kappa shape index (κ1) is 42.9. The smallest absolute Gasteiger partial charge is 0.268 e. The van der Waals surface area contributed by atoms with Crippen molar-refractivity contribution in [3.8, 4) is 0 Å². The molecule has 0 radical (unpaired) electrons. The molecule has 258 valence electrons. The van der Waals surface area contributed by atoms with Crippen LogP contribution in [0.4, 0.5) is 0 Å². The zero-order valence-electron chi connectivity index (χ0n) is 28.8. The maximum atomic E-state index is 12.6. The monoisotopic (exact) mass is 650 g/mol. The average molecular weight is 651 g/mol. The molecule has 9 heteroatoms. The van der Waals surface area contributed by atoms with Crippen LogP contribution in [0, 0.1) is 0 Å². The number of phosphoric ester groups is 1. The summed E-state index contributed by atoms with van der Waals surface area (Å²) < 4.78 is 22.8. The normalized spacial score (nSPS) is 15.8. The molecule has 0 aliphatic carbocycles. The van der Waals surface area contributed by atoms with Crippen LogP contribution in [0.1, 0.15) is 97.3 Å². The lowest BCUT2D eigenvalue weighted by Gasteiger charge is -2.29. The van der Waals surface area contributed by atoms with Gasteiger partial charge in [-0.05, 0) is 57.8 Å². The number of aliphatic hydroxyl groups is 1. The van der Waals surface area contributed by atoms with E-state index in [9.17, 15) is 19.4 Å². The van der Waals surface area contributed by atoms with Crippen molar-refractivity contribution in [3.05, 3.63) is 72.9 Å². The highest BCUT2D eigenvalue weighted by atomic mass is 31.2. The molecule has 0 aromatic rings. The van der Waals surface area contributed by atoms with Crippen molar-refractivity contribution in [1.29, 1.82) is 0 Å². The number of quaternary nitrogens is 1. The van der Waals surface area contributed by atoms with Gasteiger partial charge in [0.15, 0.2) is 0 Å². The van der Waals surface area contributed by atoms with Gasteiger partial charge in [0.25, 0.3) is 7.82 Å². The Balaban J connectivity index is 4.38. The van der Waals surface area contributed by atoms with Gasteiger partial charge < -0.3 is 28.8 Å². The fourth-order valence-corrected chi connectivity index (χ4v) is 4.65. The van der Waals surface area contributed by atoms with Crippen molar-refractivity contribution in [2.24, 2.45) is 0 Å². The number of hydrogen-bond acceptors (Lipinski definition) is 6. The SMILES string of the molecule is CC/C=C\C/C=C\C/C=C\C/C=C\C/C=C\CCCCCC(=O)NC(COP(=O)([O-])OCC[N+](C)(C)C)C(O)/C=C/CCCC. The van der Waals surface area contributed by atoms with E-state index in [1.165, 1.54) is 0 Å². The molecular weight excluding hydrogens is 587 g/mol. The second-order valence-corrected chi connectivity index (χ2v) is 13.5. The summed E-state index contributed by atoms with van der Waals surface area (Å²) >= 11 is 0. The molecule has 8 nitrogen and oxygen atoms in total. The van der Waals surface area contributed by atoms with Crippen molar-refractivity contribution in [1.82, 2.24) is 5.32 Å². The van der Waals surface area contributed by atoms with Crippen LogP contribution < -0.4 is 10.2 Å². The van der Waals surface area contributed by atoms with Crippen LogP contribution in [-0.4, -0.2) is 68.5 Å². The van der Waals surface area contributed by atoms with Gasteiger partial charge in [-0.2, -0.15) is 0 Å². The molecule has 0 bridgehead atoms.